The topological polar surface area (TPSA) is 63.1 Å². The summed E-state index contributed by atoms with van der Waals surface area (Å²) in [5, 5.41) is 6.69. The van der Waals surface area contributed by atoms with E-state index in [1.807, 2.05) is 54.6 Å². The third-order valence-electron chi connectivity index (χ3n) is 4.42. The highest BCUT2D eigenvalue weighted by Gasteiger charge is 2.16. The molecule has 0 fully saturated rings. The summed E-state index contributed by atoms with van der Waals surface area (Å²) in [5.41, 5.74) is 3.10. The standard InChI is InChI=1S/C22H25N3O2/c1-15(2)11-12-25-20-10-9-19(23-16(3)26)13-17(20)14-21(25)22(27)24-18-7-5-4-6-8-18/h4-10,13-15H,11-12H2,1-3H3,(H,23,26)(H,24,27). The summed E-state index contributed by atoms with van der Waals surface area (Å²) in [6.07, 6.45) is 0.975. The number of carbonyl (C=O) groups excluding carboxylic acids is 2. The number of amides is 2. The van der Waals surface area contributed by atoms with Gasteiger partial charge < -0.3 is 15.2 Å². The van der Waals surface area contributed by atoms with Crippen molar-refractivity contribution in [1.82, 2.24) is 4.57 Å². The summed E-state index contributed by atoms with van der Waals surface area (Å²) in [6, 6.07) is 17.1. The zero-order valence-corrected chi connectivity index (χ0v) is 16.0. The van der Waals surface area contributed by atoms with Gasteiger partial charge in [-0.1, -0.05) is 32.0 Å². The van der Waals surface area contributed by atoms with E-state index in [0.29, 0.717) is 11.6 Å². The number of rotatable bonds is 6. The predicted molar refractivity (Wildman–Crippen MR) is 110 cm³/mol. The highest BCUT2D eigenvalue weighted by Crippen LogP contribution is 2.25. The monoisotopic (exact) mass is 363 g/mol. The number of hydrogen-bond donors (Lipinski definition) is 2. The third-order valence-corrected chi connectivity index (χ3v) is 4.42. The van der Waals surface area contributed by atoms with E-state index in [0.717, 1.165) is 35.2 Å². The lowest BCUT2D eigenvalue weighted by molar-refractivity contribution is -0.114. The van der Waals surface area contributed by atoms with E-state index < -0.39 is 0 Å². The van der Waals surface area contributed by atoms with Gasteiger partial charge in [-0.15, -0.1) is 0 Å². The van der Waals surface area contributed by atoms with E-state index in [4.69, 9.17) is 0 Å². The van der Waals surface area contributed by atoms with Gasteiger partial charge in [0.1, 0.15) is 5.69 Å². The number of carbonyl (C=O) groups is 2. The molecule has 3 aromatic rings. The van der Waals surface area contributed by atoms with Crippen LogP contribution in [0, 0.1) is 5.92 Å². The maximum Gasteiger partial charge on any atom is 0.272 e. The van der Waals surface area contributed by atoms with Crippen molar-refractivity contribution >= 4 is 34.1 Å². The fourth-order valence-electron chi connectivity index (χ4n) is 3.08. The van der Waals surface area contributed by atoms with Gasteiger partial charge in [0.2, 0.25) is 5.91 Å². The van der Waals surface area contributed by atoms with Crippen LogP contribution in [-0.2, 0) is 11.3 Å². The molecule has 0 aliphatic heterocycles. The first-order valence-corrected chi connectivity index (χ1v) is 9.21. The zero-order chi connectivity index (χ0) is 19.4. The quantitative estimate of drug-likeness (QED) is 0.654. The van der Waals surface area contributed by atoms with Gasteiger partial charge in [-0.25, -0.2) is 0 Å². The van der Waals surface area contributed by atoms with Gasteiger partial charge in [0.25, 0.3) is 5.91 Å². The molecule has 140 valence electrons. The number of nitrogens with zero attached hydrogens (tertiary/aromatic N) is 1. The largest absolute Gasteiger partial charge is 0.336 e. The third kappa shape index (κ3) is 4.56. The second-order valence-electron chi connectivity index (χ2n) is 7.14. The Kier molecular flexibility index (Phi) is 5.60. The van der Waals surface area contributed by atoms with Crippen molar-refractivity contribution < 1.29 is 9.59 Å². The van der Waals surface area contributed by atoms with Gasteiger partial charge in [-0.3, -0.25) is 9.59 Å². The summed E-state index contributed by atoms with van der Waals surface area (Å²) >= 11 is 0. The lowest BCUT2D eigenvalue weighted by Gasteiger charge is -2.13. The lowest BCUT2D eigenvalue weighted by atomic mass is 10.1. The number of para-hydroxylation sites is 1. The van der Waals surface area contributed by atoms with Crippen molar-refractivity contribution in [2.75, 3.05) is 10.6 Å². The van der Waals surface area contributed by atoms with Crippen molar-refractivity contribution in [2.24, 2.45) is 5.92 Å². The smallest absolute Gasteiger partial charge is 0.272 e. The highest BCUT2D eigenvalue weighted by molar-refractivity contribution is 6.07. The van der Waals surface area contributed by atoms with Gasteiger partial charge in [0.15, 0.2) is 0 Å². The molecule has 0 bridgehead atoms. The van der Waals surface area contributed by atoms with Gasteiger partial charge in [-0.2, -0.15) is 0 Å². The van der Waals surface area contributed by atoms with Crippen LogP contribution >= 0.6 is 0 Å². The predicted octanol–water partition coefficient (Wildman–Crippen LogP) is 4.90. The fraction of sp³-hybridized carbons (Fsp3) is 0.273. The number of aryl methyl sites for hydroxylation is 1. The number of aromatic nitrogens is 1. The Hall–Kier alpha value is -3.08. The molecule has 27 heavy (non-hydrogen) atoms. The molecule has 2 amide bonds. The fourth-order valence-corrected chi connectivity index (χ4v) is 3.08. The summed E-state index contributed by atoms with van der Waals surface area (Å²) in [5.74, 6) is 0.281. The molecule has 0 radical (unpaired) electrons. The van der Waals surface area contributed by atoms with E-state index in [1.165, 1.54) is 6.92 Å². The van der Waals surface area contributed by atoms with Crippen LogP contribution in [0.5, 0.6) is 0 Å². The SMILES string of the molecule is CC(=O)Nc1ccc2c(c1)cc(C(=O)Nc1ccccc1)n2CCC(C)C. The van der Waals surface area contributed by atoms with Gasteiger partial charge in [0, 0.05) is 35.7 Å². The Bertz CT molecular complexity index is 958. The first-order chi connectivity index (χ1) is 12.9. The molecule has 2 N–H and O–H groups in total. The summed E-state index contributed by atoms with van der Waals surface area (Å²) in [6.45, 7) is 6.59. The zero-order valence-electron chi connectivity index (χ0n) is 16.0. The maximum atomic E-state index is 12.9. The Morgan fingerprint density at radius 1 is 0.963 bits per heavy atom. The van der Waals surface area contributed by atoms with Crippen LogP contribution in [0.1, 0.15) is 37.7 Å². The van der Waals surface area contributed by atoms with E-state index in [1.54, 1.807) is 0 Å². The molecule has 1 aromatic heterocycles. The van der Waals surface area contributed by atoms with E-state index >= 15 is 0 Å². The van der Waals surface area contributed by atoms with Crippen molar-refractivity contribution in [3.05, 3.63) is 60.3 Å². The first-order valence-electron chi connectivity index (χ1n) is 9.21. The highest BCUT2D eigenvalue weighted by atomic mass is 16.2. The van der Waals surface area contributed by atoms with Crippen LogP contribution in [0.15, 0.2) is 54.6 Å². The Balaban J connectivity index is 1.98. The van der Waals surface area contributed by atoms with Gasteiger partial charge in [-0.05, 0) is 48.7 Å². The minimum atomic E-state index is -0.137. The second-order valence-corrected chi connectivity index (χ2v) is 7.14. The lowest BCUT2D eigenvalue weighted by Crippen LogP contribution is -2.17. The molecular weight excluding hydrogens is 338 g/mol. The number of hydrogen-bond acceptors (Lipinski definition) is 2. The average Bonchev–Trinajstić information content (AvgIpc) is 2.98. The molecule has 2 aromatic carbocycles. The number of anilines is 2. The molecule has 0 aliphatic rings. The molecule has 0 saturated heterocycles. The average molecular weight is 363 g/mol. The normalized spacial score (nSPS) is 11.0. The van der Waals surface area contributed by atoms with Crippen LogP contribution in [0.4, 0.5) is 11.4 Å². The van der Waals surface area contributed by atoms with Gasteiger partial charge in [0.05, 0.1) is 0 Å². The second kappa shape index (κ2) is 8.08. The maximum absolute atomic E-state index is 12.9. The molecular formula is C22H25N3O2. The first kappa shape index (κ1) is 18.7. The molecule has 5 heteroatoms. The molecule has 5 nitrogen and oxygen atoms in total. The molecule has 0 unspecified atom stereocenters. The minimum Gasteiger partial charge on any atom is -0.336 e. The van der Waals surface area contributed by atoms with Crippen LogP contribution in [0.3, 0.4) is 0 Å². The summed E-state index contributed by atoms with van der Waals surface area (Å²) < 4.78 is 2.06. The number of benzene rings is 2. The van der Waals surface area contributed by atoms with Crippen molar-refractivity contribution in [3.63, 3.8) is 0 Å². The van der Waals surface area contributed by atoms with Crippen molar-refractivity contribution in [2.45, 2.75) is 33.7 Å². The van der Waals surface area contributed by atoms with Crippen LogP contribution in [-0.4, -0.2) is 16.4 Å². The molecule has 0 spiro atoms. The van der Waals surface area contributed by atoms with E-state index in [-0.39, 0.29) is 11.8 Å². The summed E-state index contributed by atoms with van der Waals surface area (Å²) in [7, 11) is 0. The number of nitrogens with one attached hydrogen (secondary N) is 2. The van der Waals surface area contributed by atoms with E-state index in [2.05, 4.69) is 29.0 Å². The van der Waals surface area contributed by atoms with Crippen LogP contribution < -0.4 is 10.6 Å². The molecule has 0 aliphatic carbocycles. The minimum absolute atomic E-state index is 0.115. The Morgan fingerprint density at radius 3 is 2.37 bits per heavy atom. The molecule has 0 saturated carbocycles. The van der Waals surface area contributed by atoms with Crippen molar-refractivity contribution in [1.29, 1.82) is 0 Å². The Labute approximate surface area is 159 Å². The van der Waals surface area contributed by atoms with Crippen LogP contribution in [0.2, 0.25) is 0 Å². The molecule has 3 rings (SSSR count). The van der Waals surface area contributed by atoms with Gasteiger partial charge >= 0.3 is 0 Å². The Morgan fingerprint density at radius 2 is 1.70 bits per heavy atom. The van der Waals surface area contributed by atoms with Crippen LogP contribution in [0.25, 0.3) is 10.9 Å². The van der Waals surface area contributed by atoms with Crippen molar-refractivity contribution in [3.8, 4) is 0 Å². The number of fused-ring (bicyclic) bond motifs is 1. The summed E-state index contributed by atoms with van der Waals surface area (Å²) in [4.78, 5) is 24.2. The molecule has 0 atom stereocenters. The van der Waals surface area contributed by atoms with E-state index in [9.17, 15) is 9.59 Å². The molecule has 1 heterocycles.